The molecule has 1 aliphatic heterocycles. The Bertz CT molecular complexity index is 578. The number of hydrogen-bond acceptors (Lipinski definition) is 3. The molecule has 3 unspecified atom stereocenters. The molecule has 1 aromatic carbocycles. The van der Waals surface area contributed by atoms with Gasteiger partial charge in [-0.25, -0.2) is 0 Å². The second-order valence-corrected chi connectivity index (χ2v) is 6.08. The van der Waals surface area contributed by atoms with Gasteiger partial charge in [-0.1, -0.05) is 13.3 Å². The highest BCUT2D eigenvalue weighted by Gasteiger charge is 2.42. The number of benzene rings is 1. The Labute approximate surface area is 124 Å². The molecular formula is C17H20O4. The van der Waals surface area contributed by atoms with Crippen LogP contribution in [0.4, 0.5) is 0 Å². The lowest BCUT2D eigenvalue weighted by molar-refractivity contribution is -0.142. The van der Waals surface area contributed by atoms with Crippen LogP contribution in [0.2, 0.25) is 0 Å². The average Bonchev–Trinajstić information content (AvgIpc) is 3.11. The minimum atomic E-state index is -0.839. The summed E-state index contributed by atoms with van der Waals surface area (Å²) in [5.74, 6) is -0.585. The van der Waals surface area contributed by atoms with Crippen molar-refractivity contribution in [1.82, 2.24) is 0 Å². The molecule has 1 fully saturated rings. The summed E-state index contributed by atoms with van der Waals surface area (Å²) in [4.78, 5) is 24.1. The van der Waals surface area contributed by atoms with Gasteiger partial charge >= 0.3 is 5.97 Å². The van der Waals surface area contributed by atoms with E-state index in [4.69, 9.17) is 4.74 Å². The van der Waals surface area contributed by atoms with Crippen LogP contribution >= 0.6 is 0 Å². The SMILES string of the molecule is CCC1CC(C(=O)O)C(C(=O)c2ccc3c(c2)CCO3)C1. The summed E-state index contributed by atoms with van der Waals surface area (Å²) in [6.45, 7) is 2.72. The van der Waals surface area contributed by atoms with Crippen LogP contribution < -0.4 is 4.74 Å². The van der Waals surface area contributed by atoms with E-state index in [9.17, 15) is 14.7 Å². The van der Waals surface area contributed by atoms with Gasteiger partial charge in [0.15, 0.2) is 5.78 Å². The second-order valence-electron chi connectivity index (χ2n) is 6.08. The second kappa shape index (κ2) is 5.51. The van der Waals surface area contributed by atoms with Crippen molar-refractivity contribution in [1.29, 1.82) is 0 Å². The number of ketones is 1. The molecule has 1 saturated carbocycles. The molecular weight excluding hydrogens is 268 g/mol. The molecule has 3 atom stereocenters. The number of rotatable bonds is 4. The lowest BCUT2D eigenvalue weighted by atomic mass is 9.87. The molecule has 4 nitrogen and oxygen atoms in total. The molecule has 0 spiro atoms. The van der Waals surface area contributed by atoms with E-state index in [1.165, 1.54) is 0 Å². The topological polar surface area (TPSA) is 63.6 Å². The van der Waals surface area contributed by atoms with Crippen molar-refractivity contribution in [2.24, 2.45) is 17.8 Å². The van der Waals surface area contributed by atoms with Crippen molar-refractivity contribution in [3.8, 4) is 5.75 Å². The molecule has 1 N–H and O–H groups in total. The molecule has 112 valence electrons. The van der Waals surface area contributed by atoms with Gasteiger partial charge in [0.25, 0.3) is 0 Å². The highest BCUT2D eigenvalue weighted by atomic mass is 16.5. The van der Waals surface area contributed by atoms with Gasteiger partial charge in [-0.15, -0.1) is 0 Å². The third-order valence-corrected chi connectivity index (χ3v) is 4.87. The van der Waals surface area contributed by atoms with Gasteiger partial charge in [-0.3, -0.25) is 9.59 Å². The van der Waals surface area contributed by atoms with Crippen LogP contribution in [-0.4, -0.2) is 23.5 Å². The molecule has 3 rings (SSSR count). The van der Waals surface area contributed by atoms with Crippen LogP contribution in [0.3, 0.4) is 0 Å². The van der Waals surface area contributed by atoms with E-state index in [1.54, 1.807) is 6.07 Å². The number of Topliss-reactive ketones (excluding diaryl/α,β-unsaturated/α-hetero) is 1. The van der Waals surface area contributed by atoms with E-state index in [1.807, 2.05) is 12.1 Å². The summed E-state index contributed by atoms with van der Waals surface area (Å²) >= 11 is 0. The minimum absolute atomic E-state index is 0.0203. The fraction of sp³-hybridized carbons (Fsp3) is 0.529. The molecule has 0 amide bonds. The lowest BCUT2D eigenvalue weighted by Crippen LogP contribution is -2.25. The van der Waals surface area contributed by atoms with Gasteiger partial charge in [0.05, 0.1) is 12.5 Å². The lowest BCUT2D eigenvalue weighted by Gasteiger charge is -2.15. The number of hydrogen-bond donors (Lipinski definition) is 1. The van der Waals surface area contributed by atoms with E-state index in [-0.39, 0.29) is 11.7 Å². The summed E-state index contributed by atoms with van der Waals surface area (Å²) in [5.41, 5.74) is 1.69. The number of ether oxygens (including phenoxy) is 1. The monoisotopic (exact) mass is 288 g/mol. The normalized spacial score (nSPS) is 27.2. The Morgan fingerprint density at radius 3 is 2.76 bits per heavy atom. The molecule has 1 heterocycles. The van der Waals surface area contributed by atoms with Crippen molar-refractivity contribution >= 4 is 11.8 Å². The van der Waals surface area contributed by atoms with Crippen LogP contribution in [-0.2, 0) is 11.2 Å². The largest absolute Gasteiger partial charge is 0.493 e. The fourth-order valence-corrected chi connectivity index (χ4v) is 3.59. The zero-order chi connectivity index (χ0) is 15.0. The van der Waals surface area contributed by atoms with Crippen LogP contribution in [0, 0.1) is 17.8 Å². The third-order valence-electron chi connectivity index (χ3n) is 4.87. The van der Waals surface area contributed by atoms with Gasteiger partial charge in [0.2, 0.25) is 0 Å². The smallest absolute Gasteiger partial charge is 0.307 e. The summed E-state index contributed by atoms with van der Waals surface area (Å²) in [6.07, 6.45) is 3.07. The van der Waals surface area contributed by atoms with Crippen LogP contribution in [0.5, 0.6) is 5.75 Å². The Morgan fingerprint density at radius 1 is 1.29 bits per heavy atom. The summed E-state index contributed by atoms with van der Waals surface area (Å²) in [6, 6.07) is 5.48. The zero-order valence-corrected chi connectivity index (χ0v) is 12.2. The summed E-state index contributed by atoms with van der Waals surface area (Å²) < 4.78 is 5.45. The van der Waals surface area contributed by atoms with Gasteiger partial charge in [-0.05, 0) is 42.5 Å². The van der Waals surface area contributed by atoms with E-state index >= 15 is 0 Å². The molecule has 0 bridgehead atoms. The van der Waals surface area contributed by atoms with Crippen LogP contribution in [0.1, 0.15) is 42.1 Å². The fourth-order valence-electron chi connectivity index (χ4n) is 3.59. The Morgan fingerprint density at radius 2 is 2.05 bits per heavy atom. The number of fused-ring (bicyclic) bond motifs is 1. The molecule has 21 heavy (non-hydrogen) atoms. The molecule has 0 radical (unpaired) electrons. The maximum Gasteiger partial charge on any atom is 0.307 e. The zero-order valence-electron chi connectivity index (χ0n) is 12.2. The molecule has 4 heteroatoms. The summed E-state index contributed by atoms with van der Waals surface area (Å²) in [7, 11) is 0. The highest BCUT2D eigenvalue weighted by molar-refractivity contribution is 6.00. The maximum atomic E-state index is 12.7. The van der Waals surface area contributed by atoms with Crippen molar-refractivity contribution in [2.45, 2.75) is 32.6 Å². The van der Waals surface area contributed by atoms with Crippen molar-refractivity contribution in [3.63, 3.8) is 0 Å². The van der Waals surface area contributed by atoms with E-state index < -0.39 is 11.9 Å². The number of carbonyl (C=O) groups excluding carboxylic acids is 1. The number of carboxylic acid groups (broad SMARTS) is 1. The maximum absolute atomic E-state index is 12.7. The first-order chi connectivity index (χ1) is 10.1. The number of carboxylic acids is 1. The standard InChI is InChI=1S/C17H20O4/c1-2-10-7-13(14(8-10)17(19)20)16(18)12-3-4-15-11(9-12)5-6-21-15/h3-4,9-10,13-14H,2,5-8H2,1H3,(H,19,20). The molecule has 1 aromatic rings. The quantitative estimate of drug-likeness (QED) is 0.865. The number of carbonyl (C=O) groups is 2. The van der Waals surface area contributed by atoms with Crippen LogP contribution in [0.25, 0.3) is 0 Å². The first-order valence-corrected chi connectivity index (χ1v) is 7.63. The van der Waals surface area contributed by atoms with E-state index in [0.29, 0.717) is 30.9 Å². The molecule has 1 aliphatic carbocycles. The first kappa shape index (κ1) is 14.1. The predicted molar refractivity (Wildman–Crippen MR) is 77.6 cm³/mol. The highest BCUT2D eigenvalue weighted by Crippen LogP contribution is 2.40. The third kappa shape index (κ3) is 2.55. The number of aliphatic carboxylic acids is 1. The van der Waals surface area contributed by atoms with Gasteiger partial charge in [0, 0.05) is 17.9 Å². The first-order valence-electron chi connectivity index (χ1n) is 7.63. The van der Waals surface area contributed by atoms with Gasteiger partial charge < -0.3 is 9.84 Å². The van der Waals surface area contributed by atoms with Crippen LogP contribution in [0.15, 0.2) is 18.2 Å². The van der Waals surface area contributed by atoms with E-state index in [0.717, 1.165) is 24.2 Å². The van der Waals surface area contributed by atoms with Crippen molar-refractivity contribution in [3.05, 3.63) is 29.3 Å². The molecule has 0 aromatic heterocycles. The molecule has 0 saturated heterocycles. The Balaban J connectivity index is 1.85. The Hall–Kier alpha value is -1.84. The van der Waals surface area contributed by atoms with Crippen molar-refractivity contribution < 1.29 is 19.4 Å². The van der Waals surface area contributed by atoms with Gasteiger partial charge in [0.1, 0.15) is 5.75 Å². The predicted octanol–water partition coefficient (Wildman–Crippen LogP) is 2.94. The Kier molecular flexibility index (Phi) is 3.70. The summed E-state index contributed by atoms with van der Waals surface area (Å²) in [5, 5.41) is 9.38. The molecule has 2 aliphatic rings. The van der Waals surface area contributed by atoms with Gasteiger partial charge in [-0.2, -0.15) is 0 Å². The van der Waals surface area contributed by atoms with Crippen molar-refractivity contribution in [2.75, 3.05) is 6.61 Å². The average molecular weight is 288 g/mol. The van der Waals surface area contributed by atoms with E-state index in [2.05, 4.69) is 6.92 Å². The minimum Gasteiger partial charge on any atom is -0.493 e.